The monoisotopic (exact) mass is 470 g/mol. The summed E-state index contributed by atoms with van der Waals surface area (Å²) in [5, 5.41) is 8.73. The van der Waals surface area contributed by atoms with E-state index in [1.165, 1.54) is 12.1 Å². The van der Waals surface area contributed by atoms with E-state index in [1.807, 2.05) is 37.3 Å². The van der Waals surface area contributed by atoms with Crippen LogP contribution < -0.4 is 9.47 Å². The zero-order valence-electron chi connectivity index (χ0n) is 16.3. The molecule has 4 nitrogen and oxygen atoms in total. The molecule has 0 heterocycles. The molecular weight excluding hydrogens is 451 g/mol. The van der Waals surface area contributed by atoms with E-state index in [2.05, 4.69) is 15.9 Å². The Kier molecular flexibility index (Phi) is 7.25. The van der Waals surface area contributed by atoms with Gasteiger partial charge in [-0.1, -0.05) is 40.2 Å². The Hall–Kier alpha value is -3.12. The number of hydrogen-bond donors (Lipinski definition) is 1. The number of carboxylic acids is 1. The maximum absolute atomic E-state index is 13.4. The first kappa shape index (κ1) is 21.6. The number of aryl methyl sites for hydroxylation is 1. The van der Waals surface area contributed by atoms with Crippen molar-refractivity contribution in [2.45, 2.75) is 6.92 Å². The third-order valence-corrected chi connectivity index (χ3v) is 4.87. The fourth-order valence-corrected chi connectivity index (χ4v) is 3.16. The molecule has 6 heteroatoms. The van der Waals surface area contributed by atoms with Crippen molar-refractivity contribution < 1.29 is 23.8 Å². The Morgan fingerprint density at radius 3 is 2.23 bits per heavy atom. The van der Waals surface area contributed by atoms with E-state index in [4.69, 9.17) is 14.6 Å². The first-order chi connectivity index (χ1) is 14.4. The van der Waals surface area contributed by atoms with Gasteiger partial charge in [-0.05, 0) is 77.7 Å². The van der Waals surface area contributed by atoms with Crippen molar-refractivity contribution in [3.63, 3.8) is 0 Å². The molecule has 0 unspecified atom stereocenters. The number of carbonyl (C=O) groups is 1. The molecule has 0 radical (unpaired) electrons. The zero-order valence-corrected chi connectivity index (χ0v) is 17.9. The van der Waals surface area contributed by atoms with Crippen LogP contribution in [0.5, 0.6) is 11.5 Å². The van der Waals surface area contributed by atoms with Crippen molar-refractivity contribution in [3.05, 3.63) is 99.8 Å². The molecule has 0 saturated heterocycles. The van der Waals surface area contributed by atoms with Gasteiger partial charge in [-0.3, -0.25) is 0 Å². The van der Waals surface area contributed by atoms with Crippen LogP contribution in [0, 0.1) is 12.7 Å². The standard InChI is InChI=1S/C24H20BrFO4/c1-16-14-21(10-11-23(16)30-15-24(27)28)29-13-12-22(17-2-6-19(25)7-3-17)18-4-8-20(26)9-5-18/h2-12,14H,13,15H2,1H3,(H,27,28)/b22-12+. The van der Waals surface area contributed by atoms with Crippen LogP contribution >= 0.6 is 15.9 Å². The van der Waals surface area contributed by atoms with Gasteiger partial charge >= 0.3 is 5.97 Å². The minimum Gasteiger partial charge on any atom is -0.489 e. The van der Waals surface area contributed by atoms with E-state index in [9.17, 15) is 9.18 Å². The summed E-state index contributed by atoms with van der Waals surface area (Å²) in [6.45, 7) is 1.74. The molecule has 0 aromatic heterocycles. The highest BCUT2D eigenvalue weighted by atomic mass is 79.9. The number of hydrogen-bond acceptors (Lipinski definition) is 3. The van der Waals surface area contributed by atoms with Gasteiger partial charge in [-0.2, -0.15) is 0 Å². The van der Waals surface area contributed by atoms with Crippen molar-refractivity contribution in [2.75, 3.05) is 13.2 Å². The lowest BCUT2D eigenvalue weighted by molar-refractivity contribution is -0.139. The minimum absolute atomic E-state index is 0.286. The molecule has 0 spiro atoms. The Bertz CT molecular complexity index is 996. The van der Waals surface area contributed by atoms with Crippen molar-refractivity contribution in [1.29, 1.82) is 0 Å². The third-order valence-electron chi connectivity index (χ3n) is 4.35. The lowest BCUT2D eigenvalue weighted by Crippen LogP contribution is -2.10. The van der Waals surface area contributed by atoms with E-state index < -0.39 is 12.6 Å². The second kappa shape index (κ2) is 10.1. The zero-order chi connectivity index (χ0) is 21.5. The molecule has 0 atom stereocenters. The van der Waals surface area contributed by atoms with E-state index in [0.717, 1.165) is 26.7 Å². The fraction of sp³-hybridized carbons (Fsp3) is 0.125. The van der Waals surface area contributed by atoms with E-state index >= 15 is 0 Å². The molecule has 0 bridgehead atoms. The second-order valence-corrected chi connectivity index (χ2v) is 7.47. The number of halogens is 2. The number of benzene rings is 3. The molecule has 0 aliphatic rings. The first-order valence-electron chi connectivity index (χ1n) is 9.22. The van der Waals surface area contributed by atoms with Crippen LogP contribution in [0.4, 0.5) is 4.39 Å². The average Bonchev–Trinajstić information content (AvgIpc) is 2.72. The van der Waals surface area contributed by atoms with E-state index in [0.29, 0.717) is 18.1 Å². The average molecular weight is 471 g/mol. The summed E-state index contributed by atoms with van der Waals surface area (Å²) >= 11 is 3.44. The van der Waals surface area contributed by atoms with Crippen LogP contribution in [0.25, 0.3) is 5.57 Å². The lowest BCUT2D eigenvalue weighted by atomic mass is 9.98. The van der Waals surface area contributed by atoms with Gasteiger partial charge in [0.05, 0.1) is 0 Å². The first-order valence-corrected chi connectivity index (χ1v) is 10.0. The summed E-state index contributed by atoms with van der Waals surface area (Å²) in [6.07, 6.45) is 1.95. The Balaban J connectivity index is 1.77. The van der Waals surface area contributed by atoms with Gasteiger partial charge in [0.15, 0.2) is 6.61 Å². The van der Waals surface area contributed by atoms with Crippen molar-refractivity contribution in [1.82, 2.24) is 0 Å². The molecule has 0 aliphatic heterocycles. The molecule has 154 valence electrons. The smallest absolute Gasteiger partial charge is 0.341 e. The summed E-state index contributed by atoms with van der Waals surface area (Å²) < 4.78 is 25.4. The highest BCUT2D eigenvalue weighted by Crippen LogP contribution is 2.26. The Morgan fingerprint density at radius 1 is 1.00 bits per heavy atom. The fourth-order valence-electron chi connectivity index (χ4n) is 2.90. The SMILES string of the molecule is Cc1cc(OC/C=C(/c2ccc(F)cc2)c2ccc(Br)cc2)ccc1OCC(=O)O. The van der Waals surface area contributed by atoms with Crippen LogP contribution in [0.3, 0.4) is 0 Å². The van der Waals surface area contributed by atoms with Gasteiger partial charge in [0.25, 0.3) is 0 Å². The summed E-state index contributed by atoms with van der Waals surface area (Å²) in [7, 11) is 0. The number of ether oxygens (including phenoxy) is 2. The summed E-state index contributed by atoms with van der Waals surface area (Å²) in [5.41, 5.74) is 3.59. The maximum atomic E-state index is 13.4. The van der Waals surface area contributed by atoms with Gasteiger partial charge in [-0.25, -0.2) is 9.18 Å². The van der Waals surface area contributed by atoms with Gasteiger partial charge < -0.3 is 14.6 Å². The van der Waals surface area contributed by atoms with Crippen LogP contribution in [-0.4, -0.2) is 24.3 Å². The van der Waals surface area contributed by atoms with Gasteiger partial charge in [-0.15, -0.1) is 0 Å². The van der Waals surface area contributed by atoms with Crippen LogP contribution in [-0.2, 0) is 4.79 Å². The maximum Gasteiger partial charge on any atom is 0.341 e. The summed E-state index contributed by atoms with van der Waals surface area (Å²) in [4.78, 5) is 10.6. The lowest BCUT2D eigenvalue weighted by Gasteiger charge is -2.12. The predicted molar refractivity (Wildman–Crippen MR) is 117 cm³/mol. The molecule has 0 fully saturated rings. The van der Waals surface area contributed by atoms with Crippen molar-refractivity contribution in [3.8, 4) is 11.5 Å². The number of rotatable bonds is 8. The second-order valence-electron chi connectivity index (χ2n) is 6.55. The molecule has 0 amide bonds. The highest BCUT2D eigenvalue weighted by molar-refractivity contribution is 9.10. The van der Waals surface area contributed by atoms with Crippen molar-refractivity contribution in [2.24, 2.45) is 0 Å². The molecule has 0 aliphatic carbocycles. The topological polar surface area (TPSA) is 55.8 Å². The Labute approximate surface area is 182 Å². The summed E-state index contributed by atoms with van der Waals surface area (Å²) in [6, 6.07) is 19.4. The van der Waals surface area contributed by atoms with Crippen LogP contribution in [0.1, 0.15) is 16.7 Å². The molecule has 3 rings (SSSR count). The molecule has 30 heavy (non-hydrogen) atoms. The highest BCUT2D eigenvalue weighted by Gasteiger charge is 2.07. The number of aliphatic carboxylic acids is 1. The van der Waals surface area contributed by atoms with Crippen LogP contribution in [0.2, 0.25) is 0 Å². The molecule has 3 aromatic carbocycles. The molecule has 1 N–H and O–H groups in total. The van der Waals surface area contributed by atoms with Gasteiger partial charge in [0, 0.05) is 4.47 Å². The summed E-state index contributed by atoms with van der Waals surface area (Å²) in [5.74, 6) is -0.171. The van der Waals surface area contributed by atoms with E-state index in [1.54, 1.807) is 30.3 Å². The largest absolute Gasteiger partial charge is 0.489 e. The minimum atomic E-state index is -1.03. The predicted octanol–water partition coefficient (Wildman–Crippen LogP) is 5.87. The van der Waals surface area contributed by atoms with Gasteiger partial charge in [0.1, 0.15) is 23.9 Å². The van der Waals surface area contributed by atoms with Gasteiger partial charge in [0.2, 0.25) is 0 Å². The third kappa shape index (κ3) is 5.94. The quantitative estimate of drug-likeness (QED) is 0.447. The number of carboxylic acid groups (broad SMARTS) is 1. The van der Waals surface area contributed by atoms with E-state index in [-0.39, 0.29) is 5.82 Å². The molecular formula is C24H20BrFO4. The molecule has 0 saturated carbocycles. The Morgan fingerprint density at radius 2 is 1.63 bits per heavy atom. The van der Waals surface area contributed by atoms with Crippen molar-refractivity contribution >= 4 is 27.5 Å². The normalized spacial score (nSPS) is 11.2. The van der Waals surface area contributed by atoms with Crippen LogP contribution in [0.15, 0.2) is 77.3 Å². The molecule has 3 aromatic rings.